The van der Waals surface area contributed by atoms with Gasteiger partial charge in [0.15, 0.2) is 0 Å². The summed E-state index contributed by atoms with van der Waals surface area (Å²) < 4.78 is 2.35. The molecule has 5 heteroatoms. The third-order valence-electron chi connectivity index (χ3n) is 6.75. The molecule has 0 unspecified atom stereocenters. The number of carbonyl (C=O) groups is 2. The molecule has 0 radical (unpaired) electrons. The summed E-state index contributed by atoms with van der Waals surface area (Å²) in [6.45, 7) is 5.93. The monoisotopic (exact) mass is 421 g/mol. The van der Waals surface area contributed by atoms with Gasteiger partial charge in [0.25, 0.3) is 11.8 Å². The van der Waals surface area contributed by atoms with Gasteiger partial charge in [-0.15, -0.1) is 0 Å². The molecule has 1 aliphatic carbocycles. The van der Waals surface area contributed by atoms with Crippen molar-refractivity contribution in [3.05, 3.63) is 71.5 Å². The van der Waals surface area contributed by atoms with Crippen molar-refractivity contribution >= 4 is 56.7 Å². The molecule has 0 bridgehead atoms. The van der Waals surface area contributed by atoms with E-state index in [1.165, 1.54) is 0 Å². The Hall–Kier alpha value is -3.86. The summed E-state index contributed by atoms with van der Waals surface area (Å²) in [4.78, 5) is 29.7. The van der Waals surface area contributed by atoms with E-state index in [2.05, 4.69) is 39.7 Å². The van der Waals surface area contributed by atoms with Gasteiger partial charge in [-0.2, -0.15) is 0 Å². The van der Waals surface area contributed by atoms with Crippen molar-refractivity contribution < 1.29 is 9.59 Å². The number of H-pyrrole nitrogens is 1. The average molecular weight is 422 g/mol. The molecule has 0 saturated heterocycles. The Morgan fingerprint density at radius 2 is 1.91 bits per heavy atom. The summed E-state index contributed by atoms with van der Waals surface area (Å²) in [6.07, 6.45) is 13.4. The second-order valence-corrected chi connectivity index (χ2v) is 8.48. The van der Waals surface area contributed by atoms with Gasteiger partial charge in [0.2, 0.25) is 0 Å². The molecule has 1 atom stereocenters. The van der Waals surface area contributed by atoms with Gasteiger partial charge < -0.3 is 9.55 Å². The second-order valence-electron chi connectivity index (χ2n) is 8.48. The number of aromatic amines is 1. The van der Waals surface area contributed by atoms with Gasteiger partial charge in [0.1, 0.15) is 0 Å². The zero-order valence-corrected chi connectivity index (χ0v) is 17.9. The minimum absolute atomic E-state index is 0.188. The van der Waals surface area contributed by atoms with E-state index in [0.29, 0.717) is 11.1 Å². The van der Waals surface area contributed by atoms with Crippen LogP contribution in [0.15, 0.2) is 49.1 Å². The number of aromatic nitrogens is 2. The van der Waals surface area contributed by atoms with Gasteiger partial charge in [-0.3, -0.25) is 14.9 Å². The normalized spacial score (nSPS) is 18.3. The van der Waals surface area contributed by atoms with Crippen molar-refractivity contribution in [2.24, 2.45) is 0 Å². The molecule has 5 nitrogen and oxygen atoms in total. The molecule has 2 N–H and O–H groups in total. The fourth-order valence-electron chi connectivity index (χ4n) is 5.52. The zero-order valence-electron chi connectivity index (χ0n) is 17.9. The Morgan fingerprint density at radius 1 is 1.12 bits per heavy atom. The zero-order chi connectivity index (χ0) is 22.0. The molecular weight excluding hydrogens is 398 g/mol. The molecule has 0 saturated carbocycles. The van der Waals surface area contributed by atoms with Crippen molar-refractivity contribution in [3.8, 4) is 0 Å². The van der Waals surface area contributed by atoms with Crippen molar-refractivity contribution in [2.45, 2.75) is 32.2 Å². The standard InChI is InChI=1S/C27H23N3O2/c1-3-10-16-18(4-2)28-24-20(16)22-23(27(32)29-26(22)31)21-17-13-8-9-14-19(17)30(25(21)24)15-11-6-5-7-12-15/h3-4,6,8-11,13-15,28H,2,5,7,12H2,1H3,(H,29,31,32)/b10-3-/t15-/m0/s1. The van der Waals surface area contributed by atoms with Gasteiger partial charge in [-0.1, -0.05) is 49.1 Å². The smallest absolute Gasteiger partial charge is 0.259 e. The first kappa shape index (κ1) is 18.9. The molecule has 2 aromatic carbocycles. The van der Waals surface area contributed by atoms with E-state index in [0.717, 1.165) is 63.2 Å². The van der Waals surface area contributed by atoms with Crippen LogP contribution in [0.1, 0.15) is 64.2 Å². The maximum Gasteiger partial charge on any atom is 0.259 e. The topological polar surface area (TPSA) is 66.9 Å². The van der Waals surface area contributed by atoms with E-state index in [-0.39, 0.29) is 17.9 Å². The number of fused-ring (bicyclic) bond motifs is 8. The molecule has 2 amide bonds. The van der Waals surface area contributed by atoms with Crippen LogP contribution in [0.25, 0.3) is 44.9 Å². The fraction of sp³-hybridized carbons (Fsp3) is 0.185. The highest BCUT2D eigenvalue weighted by Gasteiger charge is 2.36. The van der Waals surface area contributed by atoms with E-state index in [1.807, 2.05) is 37.3 Å². The number of nitrogens with one attached hydrogen (secondary N) is 2. The van der Waals surface area contributed by atoms with Crippen LogP contribution >= 0.6 is 0 Å². The van der Waals surface area contributed by atoms with E-state index in [4.69, 9.17) is 0 Å². The number of hydrogen-bond acceptors (Lipinski definition) is 2. The molecule has 158 valence electrons. The Kier molecular flexibility index (Phi) is 4.02. The third kappa shape index (κ3) is 2.33. The second kappa shape index (κ2) is 6.82. The van der Waals surface area contributed by atoms with Crippen molar-refractivity contribution in [2.75, 3.05) is 0 Å². The Morgan fingerprint density at radius 3 is 2.62 bits per heavy atom. The highest BCUT2D eigenvalue weighted by molar-refractivity contribution is 6.37. The number of imide groups is 1. The summed E-state index contributed by atoms with van der Waals surface area (Å²) in [6, 6.07) is 8.36. The lowest BCUT2D eigenvalue weighted by Gasteiger charge is -2.21. The Labute approximate surface area is 185 Å². The number of hydrogen-bond donors (Lipinski definition) is 2. The van der Waals surface area contributed by atoms with E-state index in [9.17, 15) is 9.59 Å². The average Bonchev–Trinajstić information content (AvgIpc) is 3.44. The molecule has 2 aliphatic rings. The van der Waals surface area contributed by atoms with Gasteiger partial charge in [0.05, 0.1) is 28.2 Å². The summed E-state index contributed by atoms with van der Waals surface area (Å²) in [5, 5.41) is 5.17. The lowest BCUT2D eigenvalue weighted by molar-refractivity contribution is 0.0880. The molecule has 32 heavy (non-hydrogen) atoms. The number of allylic oxidation sites excluding steroid dienone is 3. The molecule has 3 heterocycles. The fourth-order valence-corrected chi connectivity index (χ4v) is 5.52. The number of benzene rings is 2. The molecule has 4 aromatic rings. The number of nitrogens with zero attached hydrogens (tertiary/aromatic N) is 1. The number of amides is 2. The Balaban J connectivity index is 1.94. The highest BCUT2D eigenvalue weighted by Crippen LogP contribution is 2.45. The van der Waals surface area contributed by atoms with Gasteiger partial charge in [0, 0.05) is 32.9 Å². The first-order valence-corrected chi connectivity index (χ1v) is 11.1. The number of para-hydroxylation sites is 1. The molecule has 1 aliphatic heterocycles. The SMILES string of the molecule is C=Cc1[nH]c2c(c1/C=C\C)c1c(c3c4ccccc4n([C@H]4C=CCCC4)c23)C(=O)NC1=O. The van der Waals surface area contributed by atoms with Gasteiger partial charge in [-0.25, -0.2) is 0 Å². The van der Waals surface area contributed by atoms with Crippen LogP contribution < -0.4 is 5.32 Å². The summed E-state index contributed by atoms with van der Waals surface area (Å²) in [7, 11) is 0. The number of rotatable bonds is 3. The van der Waals surface area contributed by atoms with E-state index in [1.54, 1.807) is 6.08 Å². The van der Waals surface area contributed by atoms with Crippen LogP contribution in [-0.2, 0) is 0 Å². The maximum absolute atomic E-state index is 13.1. The van der Waals surface area contributed by atoms with Gasteiger partial charge >= 0.3 is 0 Å². The molecule has 0 fully saturated rings. The Bertz CT molecular complexity index is 1540. The first-order chi connectivity index (χ1) is 15.7. The lowest BCUT2D eigenvalue weighted by Crippen LogP contribution is -2.20. The quantitative estimate of drug-likeness (QED) is 0.309. The lowest BCUT2D eigenvalue weighted by atomic mass is 9.95. The highest BCUT2D eigenvalue weighted by atomic mass is 16.2. The van der Waals surface area contributed by atoms with E-state index >= 15 is 0 Å². The summed E-state index contributed by atoms with van der Waals surface area (Å²) >= 11 is 0. The predicted octanol–water partition coefficient (Wildman–Crippen LogP) is 6.12. The van der Waals surface area contributed by atoms with Gasteiger partial charge in [-0.05, 0) is 38.3 Å². The van der Waals surface area contributed by atoms with Crippen LogP contribution in [0.3, 0.4) is 0 Å². The minimum Gasteiger partial charge on any atom is -0.353 e. The molecule has 0 spiro atoms. The van der Waals surface area contributed by atoms with Crippen LogP contribution in [0.2, 0.25) is 0 Å². The maximum atomic E-state index is 13.1. The molecule has 2 aromatic heterocycles. The van der Waals surface area contributed by atoms with Crippen LogP contribution in [0.5, 0.6) is 0 Å². The van der Waals surface area contributed by atoms with E-state index < -0.39 is 0 Å². The summed E-state index contributed by atoms with van der Waals surface area (Å²) in [5.41, 5.74) is 5.59. The van der Waals surface area contributed by atoms with Crippen molar-refractivity contribution in [1.29, 1.82) is 0 Å². The minimum atomic E-state index is -0.341. The van der Waals surface area contributed by atoms with Crippen molar-refractivity contribution in [3.63, 3.8) is 0 Å². The van der Waals surface area contributed by atoms with Crippen LogP contribution in [0, 0.1) is 0 Å². The summed E-state index contributed by atoms with van der Waals surface area (Å²) in [5.74, 6) is -0.668. The predicted molar refractivity (Wildman–Crippen MR) is 130 cm³/mol. The molecular formula is C27H23N3O2. The third-order valence-corrected chi connectivity index (χ3v) is 6.75. The van der Waals surface area contributed by atoms with Crippen LogP contribution in [-0.4, -0.2) is 21.4 Å². The van der Waals surface area contributed by atoms with Crippen LogP contribution in [0.4, 0.5) is 0 Å². The largest absolute Gasteiger partial charge is 0.353 e. The number of carbonyl (C=O) groups excluding carboxylic acids is 2. The van der Waals surface area contributed by atoms with Crippen molar-refractivity contribution in [1.82, 2.24) is 14.9 Å². The molecule has 6 rings (SSSR count). The first-order valence-electron chi connectivity index (χ1n) is 11.1.